The lowest BCUT2D eigenvalue weighted by molar-refractivity contribution is 0.290. The number of ether oxygens (including phenoxy) is 3. The number of anilines is 2. The van der Waals surface area contributed by atoms with Crippen LogP contribution in [0.25, 0.3) is 10.9 Å². The van der Waals surface area contributed by atoms with Gasteiger partial charge < -0.3 is 19.5 Å². The predicted molar refractivity (Wildman–Crippen MR) is 120 cm³/mol. The first-order valence-electron chi connectivity index (χ1n) is 9.28. The largest absolute Gasteiger partial charge is 0.493 e. The Morgan fingerprint density at radius 2 is 1.61 bits per heavy atom. The van der Waals surface area contributed by atoms with E-state index in [2.05, 4.69) is 15.3 Å². The summed E-state index contributed by atoms with van der Waals surface area (Å²) in [5.41, 5.74) is 2.18. The van der Waals surface area contributed by atoms with Gasteiger partial charge in [-0.05, 0) is 23.8 Å². The van der Waals surface area contributed by atoms with E-state index in [0.717, 1.165) is 10.9 Å². The molecule has 0 radical (unpaired) electrons. The number of benzene rings is 3. The summed E-state index contributed by atoms with van der Waals surface area (Å²) in [6.45, 7) is 0.294. The SMILES string of the molecule is COc1cc2ncnc(Nc3ccc(OCc4ccccc4)c(F)c3)c2cc1OC.Cl. The van der Waals surface area contributed by atoms with Crippen LogP contribution in [0.2, 0.25) is 0 Å². The van der Waals surface area contributed by atoms with Crippen LogP contribution in [0, 0.1) is 5.82 Å². The van der Waals surface area contributed by atoms with E-state index in [4.69, 9.17) is 14.2 Å². The molecule has 160 valence electrons. The number of halogens is 2. The Morgan fingerprint density at radius 1 is 0.871 bits per heavy atom. The fraction of sp³-hybridized carbons (Fsp3) is 0.130. The molecule has 0 amide bonds. The van der Waals surface area contributed by atoms with Crippen molar-refractivity contribution in [3.05, 3.63) is 78.4 Å². The summed E-state index contributed by atoms with van der Waals surface area (Å²) in [6, 6.07) is 17.9. The highest BCUT2D eigenvalue weighted by Gasteiger charge is 2.12. The average molecular weight is 442 g/mol. The molecule has 31 heavy (non-hydrogen) atoms. The molecule has 0 bridgehead atoms. The number of nitrogens with zero attached hydrogens (tertiary/aromatic N) is 2. The third kappa shape index (κ3) is 4.95. The molecule has 1 N–H and O–H groups in total. The van der Waals surface area contributed by atoms with Crippen molar-refractivity contribution in [3.63, 3.8) is 0 Å². The van der Waals surface area contributed by atoms with Gasteiger partial charge in [-0.1, -0.05) is 30.3 Å². The standard InChI is InChI=1S/C23H20FN3O3.ClH/c1-28-21-11-17-19(12-22(21)29-2)25-14-26-23(17)27-16-8-9-20(18(24)10-16)30-13-15-6-4-3-5-7-15;/h3-12,14H,13H2,1-2H3,(H,25,26,27);1H. The van der Waals surface area contributed by atoms with Gasteiger partial charge in [-0.3, -0.25) is 0 Å². The molecule has 0 saturated carbocycles. The molecular weight excluding hydrogens is 421 g/mol. The highest BCUT2D eigenvalue weighted by Crippen LogP contribution is 2.34. The van der Waals surface area contributed by atoms with Crippen molar-refractivity contribution < 1.29 is 18.6 Å². The van der Waals surface area contributed by atoms with Gasteiger partial charge in [0.1, 0.15) is 18.8 Å². The van der Waals surface area contributed by atoms with Gasteiger partial charge in [0.05, 0.1) is 19.7 Å². The molecule has 0 saturated heterocycles. The lowest BCUT2D eigenvalue weighted by atomic mass is 10.2. The molecule has 1 aromatic heterocycles. The summed E-state index contributed by atoms with van der Waals surface area (Å²) in [4.78, 5) is 8.56. The molecule has 8 heteroatoms. The first-order valence-corrected chi connectivity index (χ1v) is 9.28. The van der Waals surface area contributed by atoms with Crippen molar-refractivity contribution >= 4 is 34.8 Å². The van der Waals surface area contributed by atoms with E-state index in [1.54, 1.807) is 38.5 Å². The van der Waals surface area contributed by atoms with E-state index in [1.807, 2.05) is 30.3 Å². The molecule has 0 unspecified atom stereocenters. The fourth-order valence-electron chi connectivity index (χ4n) is 3.05. The summed E-state index contributed by atoms with van der Waals surface area (Å²) < 4.78 is 30.8. The van der Waals surface area contributed by atoms with Crippen molar-refractivity contribution in [3.8, 4) is 17.2 Å². The average Bonchev–Trinajstić information content (AvgIpc) is 2.78. The van der Waals surface area contributed by atoms with E-state index < -0.39 is 5.82 Å². The second-order valence-corrected chi connectivity index (χ2v) is 6.49. The molecule has 0 aliphatic rings. The molecule has 0 spiro atoms. The zero-order valence-corrected chi connectivity index (χ0v) is 17.8. The van der Waals surface area contributed by atoms with E-state index >= 15 is 0 Å². The van der Waals surface area contributed by atoms with Crippen molar-refractivity contribution in [2.45, 2.75) is 6.61 Å². The van der Waals surface area contributed by atoms with Crippen LogP contribution < -0.4 is 19.5 Å². The number of hydrogen-bond acceptors (Lipinski definition) is 6. The van der Waals surface area contributed by atoms with Crippen molar-refractivity contribution in [1.82, 2.24) is 9.97 Å². The molecule has 4 aromatic rings. The Bertz CT molecular complexity index is 1180. The van der Waals surface area contributed by atoms with Gasteiger partial charge >= 0.3 is 0 Å². The van der Waals surface area contributed by atoms with E-state index in [-0.39, 0.29) is 18.2 Å². The zero-order chi connectivity index (χ0) is 20.9. The Morgan fingerprint density at radius 3 is 2.32 bits per heavy atom. The number of fused-ring (bicyclic) bond motifs is 1. The molecule has 0 fully saturated rings. The summed E-state index contributed by atoms with van der Waals surface area (Å²) in [5.74, 6) is 1.37. The van der Waals surface area contributed by atoms with Crippen LogP contribution in [-0.4, -0.2) is 24.2 Å². The maximum Gasteiger partial charge on any atom is 0.167 e. The smallest absolute Gasteiger partial charge is 0.167 e. The van der Waals surface area contributed by atoms with Crippen LogP contribution in [0.5, 0.6) is 17.2 Å². The van der Waals surface area contributed by atoms with Gasteiger partial charge in [-0.2, -0.15) is 0 Å². The monoisotopic (exact) mass is 441 g/mol. The zero-order valence-electron chi connectivity index (χ0n) is 17.0. The van der Waals surface area contributed by atoms with Crippen molar-refractivity contribution in [1.29, 1.82) is 0 Å². The van der Waals surface area contributed by atoms with Crippen LogP contribution >= 0.6 is 12.4 Å². The van der Waals surface area contributed by atoms with E-state index in [0.29, 0.717) is 35.1 Å². The molecule has 6 nitrogen and oxygen atoms in total. The van der Waals surface area contributed by atoms with Gasteiger partial charge in [-0.25, -0.2) is 14.4 Å². The van der Waals surface area contributed by atoms with Crippen molar-refractivity contribution in [2.24, 2.45) is 0 Å². The third-order valence-corrected chi connectivity index (χ3v) is 4.57. The number of rotatable bonds is 7. The Kier molecular flexibility index (Phi) is 7.10. The fourth-order valence-corrected chi connectivity index (χ4v) is 3.05. The molecular formula is C23H21ClFN3O3. The Hall–Kier alpha value is -3.58. The van der Waals surface area contributed by atoms with E-state index in [1.165, 1.54) is 12.4 Å². The van der Waals surface area contributed by atoms with Crippen LogP contribution in [0.15, 0.2) is 67.0 Å². The minimum Gasteiger partial charge on any atom is -0.493 e. The molecule has 1 heterocycles. The van der Waals surface area contributed by atoms with Crippen LogP contribution in [-0.2, 0) is 6.61 Å². The number of nitrogens with one attached hydrogen (secondary N) is 1. The predicted octanol–water partition coefficient (Wildman–Crippen LogP) is 5.53. The Balaban J connectivity index is 0.00000272. The topological polar surface area (TPSA) is 65.5 Å². The van der Waals surface area contributed by atoms with Gasteiger partial charge in [0.2, 0.25) is 0 Å². The van der Waals surface area contributed by atoms with Gasteiger partial charge in [0, 0.05) is 23.2 Å². The maximum absolute atomic E-state index is 14.6. The quantitative estimate of drug-likeness (QED) is 0.406. The summed E-state index contributed by atoms with van der Waals surface area (Å²) >= 11 is 0. The summed E-state index contributed by atoms with van der Waals surface area (Å²) in [5, 5.41) is 3.86. The minimum absolute atomic E-state index is 0. The number of methoxy groups -OCH3 is 2. The summed E-state index contributed by atoms with van der Waals surface area (Å²) in [7, 11) is 3.12. The van der Waals surface area contributed by atoms with Gasteiger partial charge in [-0.15, -0.1) is 12.4 Å². The lowest BCUT2D eigenvalue weighted by Crippen LogP contribution is -2.00. The molecule has 0 aliphatic heterocycles. The molecule has 4 rings (SSSR count). The third-order valence-electron chi connectivity index (χ3n) is 4.57. The second-order valence-electron chi connectivity index (χ2n) is 6.49. The maximum atomic E-state index is 14.6. The first-order chi connectivity index (χ1) is 14.7. The number of aromatic nitrogens is 2. The minimum atomic E-state index is -0.464. The van der Waals surface area contributed by atoms with Crippen molar-refractivity contribution in [2.75, 3.05) is 19.5 Å². The van der Waals surface area contributed by atoms with Gasteiger partial charge in [0.15, 0.2) is 23.1 Å². The molecule has 0 atom stereocenters. The molecule has 0 aliphatic carbocycles. The first kappa shape index (κ1) is 22.1. The van der Waals surface area contributed by atoms with Crippen LogP contribution in [0.3, 0.4) is 0 Å². The van der Waals surface area contributed by atoms with Crippen LogP contribution in [0.4, 0.5) is 15.9 Å². The number of hydrogen-bond donors (Lipinski definition) is 1. The highest BCUT2D eigenvalue weighted by molar-refractivity contribution is 5.93. The van der Waals surface area contributed by atoms with Gasteiger partial charge in [0.25, 0.3) is 0 Å². The highest BCUT2D eigenvalue weighted by atomic mass is 35.5. The Labute approximate surface area is 185 Å². The second kappa shape index (κ2) is 9.95. The van der Waals surface area contributed by atoms with E-state index in [9.17, 15) is 4.39 Å². The molecule has 3 aromatic carbocycles. The summed E-state index contributed by atoms with van der Waals surface area (Å²) in [6.07, 6.45) is 1.43. The normalized spacial score (nSPS) is 10.3. The lowest BCUT2D eigenvalue weighted by Gasteiger charge is -2.13. The van der Waals surface area contributed by atoms with Crippen LogP contribution in [0.1, 0.15) is 5.56 Å².